The van der Waals surface area contributed by atoms with Crippen molar-refractivity contribution in [1.29, 1.82) is 0 Å². The van der Waals surface area contributed by atoms with Crippen LogP contribution in [0.3, 0.4) is 0 Å². The predicted molar refractivity (Wildman–Crippen MR) is 80.3 cm³/mol. The minimum atomic E-state index is -4.52. The molecule has 118 valence electrons. The lowest BCUT2D eigenvalue weighted by molar-refractivity contribution is -0.137. The molecule has 2 aromatic rings. The molecule has 0 bridgehead atoms. The first-order valence-corrected chi connectivity index (χ1v) is 7.61. The van der Waals surface area contributed by atoms with E-state index in [0.29, 0.717) is 4.47 Å². The van der Waals surface area contributed by atoms with Crippen molar-refractivity contribution < 1.29 is 13.2 Å². The number of para-hydroxylation sites is 1. The Labute approximate surface area is 133 Å². The van der Waals surface area contributed by atoms with Crippen molar-refractivity contribution in [3.63, 3.8) is 0 Å². The third kappa shape index (κ3) is 2.22. The SMILES string of the molecule is Cn1c(C2(C)CC2)c(Br)c(=O)n1-c1ccccc1C(F)(F)F. The summed E-state index contributed by atoms with van der Waals surface area (Å²) in [7, 11) is 1.62. The molecule has 0 spiro atoms. The van der Waals surface area contributed by atoms with Gasteiger partial charge in [0.25, 0.3) is 5.56 Å². The Kier molecular flexibility index (Phi) is 3.32. The molecule has 0 amide bonds. The van der Waals surface area contributed by atoms with E-state index < -0.39 is 17.3 Å². The van der Waals surface area contributed by atoms with Crippen LogP contribution >= 0.6 is 15.9 Å². The summed E-state index contributed by atoms with van der Waals surface area (Å²) in [6.45, 7) is 2.01. The van der Waals surface area contributed by atoms with Crippen molar-refractivity contribution in [2.45, 2.75) is 31.4 Å². The largest absolute Gasteiger partial charge is 0.418 e. The summed E-state index contributed by atoms with van der Waals surface area (Å²) in [6, 6.07) is 5.12. The highest BCUT2D eigenvalue weighted by Crippen LogP contribution is 2.49. The van der Waals surface area contributed by atoms with E-state index >= 15 is 0 Å². The first kappa shape index (κ1) is 15.4. The lowest BCUT2D eigenvalue weighted by atomic mass is 10.1. The van der Waals surface area contributed by atoms with E-state index in [2.05, 4.69) is 15.9 Å². The topological polar surface area (TPSA) is 26.9 Å². The maximum Gasteiger partial charge on any atom is 0.418 e. The molecule has 0 aliphatic heterocycles. The molecule has 3 rings (SSSR count). The highest BCUT2D eigenvalue weighted by atomic mass is 79.9. The Hall–Kier alpha value is -1.50. The van der Waals surface area contributed by atoms with Crippen LogP contribution in [0.4, 0.5) is 13.2 Å². The summed E-state index contributed by atoms with van der Waals surface area (Å²) in [5.74, 6) is 0. The summed E-state index contributed by atoms with van der Waals surface area (Å²) in [4.78, 5) is 12.5. The molecule has 0 unspecified atom stereocenters. The minimum Gasteiger partial charge on any atom is -0.283 e. The van der Waals surface area contributed by atoms with E-state index in [-0.39, 0.29) is 11.1 Å². The van der Waals surface area contributed by atoms with Gasteiger partial charge in [-0.2, -0.15) is 13.2 Å². The van der Waals surface area contributed by atoms with Gasteiger partial charge in [0.05, 0.1) is 16.9 Å². The van der Waals surface area contributed by atoms with Crippen LogP contribution in [0.25, 0.3) is 5.69 Å². The highest BCUT2D eigenvalue weighted by Gasteiger charge is 2.45. The van der Waals surface area contributed by atoms with Crippen molar-refractivity contribution in [2.24, 2.45) is 7.05 Å². The molecule has 7 heteroatoms. The Morgan fingerprint density at radius 1 is 1.23 bits per heavy atom. The molecule has 1 fully saturated rings. The quantitative estimate of drug-likeness (QED) is 0.779. The van der Waals surface area contributed by atoms with Crippen molar-refractivity contribution >= 4 is 15.9 Å². The fraction of sp³-hybridized carbons (Fsp3) is 0.400. The third-order valence-corrected chi connectivity index (χ3v) is 4.94. The average molecular weight is 375 g/mol. The van der Waals surface area contributed by atoms with E-state index in [1.54, 1.807) is 7.05 Å². The maximum absolute atomic E-state index is 13.2. The molecule has 3 nitrogen and oxygen atoms in total. The van der Waals surface area contributed by atoms with Crippen LogP contribution in [0.1, 0.15) is 31.0 Å². The number of rotatable bonds is 2. The highest BCUT2D eigenvalue weighted by molar-refractivity contribution is 9.10. The second kappa shape index (κ2) is 4.75. The molecule has 0 saturated heterocycles. The molecule has 0 atom stereocenters. The summed E-state index contributed by atoms with van der Waals surface area (Å²) < 4.78 is 42.6. The van der Waals surface area contributed by atoms with Gasteiger partial charge in [-0.1, -0.05) is 19.1 Å². The predicted octanol–water partition coefficient (Wildman–Crippen LogP) is 4.01. The lowest BCUT2D eigenvalue weighted by Crippen LogP contribution is -2.24. The monoisotopic (exact) mass is 374 g/mol. The molecule has 0 radical (unpaired) electrons. The van der Waals surface area contributed by atoms with Gasteiger partial charge in [0.15, 0.2) is 0 Å². The summed E-state index contributed by atoms with van der Waals surface area (Å²) in [5, 5.41) is 0. The minimum absolute atomic E-state index is 0.148. The molecule has 1 aliphatic rings. The molecular weight excluding hydrogens is 361 g/mol. The number of hydrogen-bond acceptors (Lipinski definition) is 1. The molecule has 1 saturated carbocycles. The van der Waals surface area contributed by atoms with Gasteiger partial charge in [0.2, 0.25) is 0 Å². The normalized spacial score (nSPS) is 16.8. The van der Waals surface area contributed by atoms with Crippen LogP contribution in [0.5, 0.6) is 0 Å². The molecule has 0 N–H and O–H groups in total. The van der Waals surface area contributed by atoms with Crippen molar-refractivity contribution in [1.82, 2.24) is 9.36 Å². The van der Waals surface area contributed by atoms with Gasteiger partial charge in [-0.15, -0.1) is 0 Å². The molecule has 1 aromatic carbocycles. The Balaban J connectivity index is 2.30. The van der Waals surface area contributed by atoms with Crippen molar-refractivity contribution in [3.8, 4) is 5.69 Å². The summed E-state index contributed by atoms with van der Waals surface area (Å²) in [6.07, 6.45) is -2.68. The van der Waals surface area contributed by atoms with Gasteiger partial charge >= 0.3 is 6.18 Å². The van der Waals surface area contributed by atoms with Crippen LogP contribution in [-0.4, -0.2) is 9.36 Å². The zero-order valence-electron chi connectivity index (χ0n) is 12.0. The van der Waals surface area contributed by atoms with E-state index in [4.69, 9.17) is 0 Å². The summed E-state index contributed by atoms with van der Waals surface area (Å²) in [5.41, 5.74) is -0.848. The van der Waals surface area contributed by atoms with Gasteiger partial charge in [0, 0.05) is 12.5 Å². The second-order valence-corrected chi connectivity index (χ2v) is 6.67. The van der Waals surface area contributed by atoms with E-state index in [1.807, 2.05) is 6.92 Å². The first-order chi connectivity index (χ1) is 10.2. The van der Waals surface area contributed by atoms with Crippen molar-refractivity contribution in [3.05, 3.63) is 50.3 Å². The summed E-state index contributed by atoms with van der Waals surface area (Å²) >= 11 is 3.26. The van der Waals surface area contributed by atoms with Gasteiger partial charge in [-0.3, -0.25) is 9.48 Å². The Morgan fingerprint density at radius 2 is 1.82 bits per heavy atom. The molecule has 1 aliphatic carbocycles. The number of hydrogen-bond donors (Lipinski definition) is 0. The van der Waals surface area contributed by atoms with Crippen LogP contribution in [-0.2, 0) is 18.6 Å². The Bertz CT molecular complexity index is 800. The van der Waals surface area contributed by atoms with Gasteiger partial charge in [0.1, 0.15) is 4.47 Å². The third-order valence-electron chi connectivity index (χ3n) is 4.22. The van der Waals surface area contributed by atoms with Crippen LogP contribution in [0, 0.1) is 0 Å². The molecule has 22 heavy (non-hydrogen) atoms. The second-order valence-electron chi connectivity index (χ2n) is 5.88. The first-order valence-electron chi connectivity index (χ1n) is 6.81. The Morgan fingerprint density at radius 3 is 2.36 bits per heavy atom. The van der Waals surface area contributed by atoms with Crippen LogP contribution < -0.4 is 5.56 Å². The number of alkyl halides is 3. The van der Waals surface area contributed by atoms with E-state index in [1.165, 1.54) is 22.9 Å². The van der Waals surface area contributed by atoms with E-state index in [0.717, 1.165) is 29.3 Å². The number of halogens is 4. The van der Waals surface area contributed by atoms with Gasteiger partial charge in [-0.25, -0.2) is 4.68 Å². The molecular formula is C15H14BrF3N2O. The zero-order valence-corrected chi connectivity index (χ0v) is 13.6. The number of aromatic nitrogens is 2. The smallest absolute Gasteiger partial charge is 0.283 e. The number of benzene rings is 1. The van der Waals surface area contributed by atoms with Crippen LogP contribution in [0.15, 0.2) is 33.5 Å². The zero-order chi connectivity index (χ0) is 16.3. The molecule has 1 heterocycles. The van der Waals surface area contributed by atoms with Gasteiger partial charge < -0.3 is 0 Å². The standard InChI is InChI=1S/C15H14BrF3N2O/c1-14(7-8-14)12-11(16)13(22)21(20(12)2)10-6-4-3-5-9(10)15(17,18)19/h3-6H,7-8H2,1-2H3. The van der Waals surface area contributed by atoms with Crippen molar-refractivity contribution in [2.75, 3.05) is 0 Å². The fourth-order valence-electron chi connectivity index (χ4n) is 2.82. The lowest BCUT2D eigenvalue weighted by Gasteiger charge is -2.17. The van der Waals surface area contributed by atoms with Crippen LogP contribution in [0.2, 0.25) is 0 Å². The number of nitrogens with zero attached hydrogens (tertiary/aromatic N) is 2. The maximum atomic E-state index is 13.2. The average Bonchev–Trinajstić information content (AvgIpc) is 3.11. The van der Waals surface area contributed by atoms with E-state index in [9.17, 15) is 18.0 Å². The van der Waals surface area contributed by atoms with Gasteiger partial charge in [-0.05, 0) is 40.9 Å². The fourth-order valence-corrected chi connectivity index (χ4v) is 3.72. The molecule has 1 aromatic heterocycles.